The van der Waals surface area contributed by atoms with Gasteiger partial charge in [-0.05, 0) is 25.0 Å². The molecule has 0 aliphatic carbocycles. The number of hydrogen-bond donors (Lipinski definition) is 3. The van der Waals surface area contributed by atoms with Crippen LogP contribution in [0.15, 0.2) is 42.1 Å². The minimum absolute atomic E-state index is 0.0280. The van der Waals surface area contributed by atoms with Crippen molar-refractivity contribution in [3.63, 3.8) is 0 Å². The van der Waals surface area contributed by atoms with Crippen LogP contribution in [-0.4, -0.2) is 35.6 Å². The molecule has 25 heavy (non-hydrogen) atoms. The van der Waals surface area contributed by atoms with Crippen LogP contribution < -0.4 is 10.9 Å². The normalized spacial score (nSPS) is 24.6. The van der Waals surface area contributed by atoms with Gasteiger partial charge in [-0.3, -0.25) is 0 Å². The van der Waals surface area contributed by atoms with E-state index in [1.54, 1.807) is 30.3 Å². The summed E-state index contributed by atoms with van der Waals surface area (Å²) in [6.45, 7) is -0.0280. The lowest BCUT2D eigenvalue weighted by Gasteiger charge is -2.38. The van der Waals surface area contributed by atoms with Crippen molar-refractivity contribution in [2.75, 3.05) is 6.54 Å². The molecule has 0 bridgehead atoms. The van der Waals surface area contributed by atoms with Crippen LogP contribution in [0.1, 0.15) is 23.2 Å². The van der Waals surface area contributed by atoms with Crippen LogP contribution in [0.5, 0.6) is 0 Å². The number of carbonyl (C=O) groups excluding carboxylic acids is 1. The molecule has 1 aromatic rings. The summed E-state index contributed by atoms with van der Waals surface area (Å²) < 4.78 is 39.3. The van der Waals surface area contributed by atoms with E-state index in [1.807, 2.05) is 0 Å². The zero-order valence-electron chi connectivity index (χ0n) is 13.2. The standard InChI is InChI=1S/C16H17F3N4O2/c17-16(18,19)11-6-7-23(13(8-11)12-9-14(20)22-21-12)25-15(24)10-4-2-1-3-5-10/h1-5,9,11,13H,6-8H2,(H3,20,21,22)/p+1. The summed E-state index contributed by atoms with van der Waals surface area (Å²) in [6, 6.07) is 7.51. The van der Waals surface area contributed by atoms with Crippen LogP contribution in [0.4, 0.5) is 13.2 Å². The quantitative estimate of drug-likeness (QED) is 0.715. The van der Waals surface area contributed by atoms with Gasteiger partial charge >= 0.3 is 12.1 Å². The Bertz CT molecular complexity index is 690. The fraction of sp³-hybridized carbons (Fsp3) is 0.375. The number of benzene rings is 1. The van der Waals surface area contributed by atoms with Gasteiger partial charge in [0.15, 0.2) is 0 Å². The maximum Gasteiger partial charge on any atom is 0.391 e. The van der Waals surface area contributed by atoms with Crippen LogP contribution >= 0.6 is 0 Å². The first-order chi connectivity index (χ1) is 11.8. The van der Waals surface area contributed by atoms with Crippen molar-refractivity contribution >= 4 is 11.8 Å². The number of nitrogens with one attached hydrogen (secondary N) is 2. The summed E-state index contributed by atoms with van der Waals surface area (Å²) >= 11 is 0. The van der Waals surface area contributed by atoms with Gasteiger partial charge in [-0.15, -0.1) is 5.06 Å². The summed E-state index contributed by atoms with van der Waals surface area (Å²) in [5, 5.41) is 8.85. The Morgan fingerprint density at radius 2 is 2.04 bits per heavy atom. The third kappa shape index (κ3) is 3.99. The fourth-order valence-electron chi connectivity index (χ4n) is 2.97. The van der Waals surface area contributed by atoms with Gasteiger partial charge in [-0.1, -0.05) is 18.2 Å². The summed E-state index contributed by atoms with van der Waals surface area (Å²) in [5.41, 5.74) is 4.95. The SMILES string of the molecule is N=C1C=C(C2CC(C(F)(F)F)CCN2OC(=O)c2ccccc2)N[NH2+]1. The van der Waals surface area contributed by atoms with Crippen LogP contribution in [0.2, 0.25) is 0 Å². The molecule has 0 radical (unpaired) electrons. The van der Waals surface area contributed by atoms with Crippen LogP contribution in [0, 0.1) is 11.3 Å². The van der Waals surface area contributed by atoms with Crippen molar-refractivity contribution in [2.24, 2.45) is 5.92 Å². The Morgan fingerprint density at radius 1 is 1.32 bits per heavy atom. The molecule has 2 heterocycles. The smallest absolute Gasteiger partial charge is 0.363 e. The predicted molar refractivity (Wildman–Crippen MR) is 82.0 cm³/mol. The first-order valence-electron chi connectivity index (χ1n) is 7.85. The number of nitrogens with two attached hydrogens (primary N) is 1. The molecular formula is C16H18F3N4O2+. The second-order valence-corrected chi connectivity index (χ2v) is 6.01. The Kier molecular flexibility index (Phi) is 4.78. The number of quaternary nitrogens is 1. The third-order valence-corrected chi connectivity index (χ3v) is 4.29. The van der Waals surface area contributed by atoms with Crippen molar-refractivity contribution in [1.82, 2.24) is 10.5 Å². The van der Waals surface area contributed by atoms with Crippen molar-refractivity contribution in [3.05, 3.63) is 47.7 Å². The van der Waals surface area contributed by atoms with E-state index in [1.165, 1.54) is 16.6 Å². The maximum atomic E-state index is 13.1. The minimum Gasteiger partial charge on any atom is -0.363 e. The molecule has 1 fully saturated rings. The van der Waals surface area contributed by atoms with Crippen molar-refractivity contribution in [3.8, 4) is 0 Å². The molecular weight excluding hydrogens is 337 g/mol. The van der Waals surface area contributed by atoms with Gasteiger partial charge in [0.1, 0.15) is 0 Å². The molecule has 9 heteroatoms. The molecule has 0 amide bonds. The molecule has 0 saturated carbocycles. The highest BCUT2D eigenvalue weighted by Gasteiger charge is 2.47. The van der Waals surface area contributed by atoms with Gasteiger partial charge in [-0.25, -0.2) is 15.6 Å². The number of hydrogen-bond acceptors (Lipinski definition) is 5. The number of amidine groups is 1. The zero-order chi connectivity index (χ0) is 18.0. The van der Waals surface area contributed by atoms with Gasteiger partial charge in [0, 0.05) is 12.6 Å². The highest BCUT2D eigenvalue weighted by atomic mass is 19.4. The highest BCUT2D eigenvalue weighted by molar-refractivity contribution is 5.89. The first-order valence-corrected chi connectivity index (χ1v) is 7.85. The number of nitrogens with zero attached hydrogens (tertiary/aromatic N) is 1. The zero-order valence-corrected chi connectivity index (χ0v) is 13.2. The number of hydroxylamine groups is 2. The molecule has 6 nitrogen and oxygen atoms in total. The molecule has 0 aromatic heterocycles. The number of rotatable bonds is 3. The van der Waals surface area contributed by atoms with Crippen LogP contribution in [0.25, 0.3) is 0 Å². The van der Waals surface area contributed by atoms with E-state index < -0.39 is 24.1 Å². The summed E-state index contributed by atoms with van der Waals surface area (Å²) in [5.74, 6) is -1.92. The topological polar surface area (TPSA) is 82.0 Å². The van der Waals surface area contributed by atoms with Gasteiger partial charge in [-0.2, -0.15) is 18.6 Å². The molecule has 2 atom stereocenters. The summed E-state index contributed by atoms with van der Waals surface area (Å²) in [7, 11) is 0. The Labute approximate surface area is 142 Å². The molecule has 3 rings (SSSR count). The Hall–Kier alpha value is -2.39. The number of carbonyl (C=O) groups is 1. The minimum atomic E-state index is -4.30. The number of halogens is 3. The largest absolute Gasteiger partial charge is 0.391 e. The maximum absolute atomic E-state index is 13.1. The molecule has 2 aliphatic rings. The van der Waals surface area contributed by atoms with Crippen LogP contribution in [-0.2, 0) is 4.84 Å². The number of piperidine rings is 1. The lowest BCUT2D eigenvalue weighted by molar-refractivity contribution is -0.590. The summed E-state index contributed by atoms with van der Waals surface area (Å²) in [6.07, 6.45) is -3.22. The van der Waals surface area contributed by atoms with E-state index in [0.717, 1.165) is 0 Å². The van der Waals surface area contributed by atoms with E-state index >= 15 is 0 Å². The van der Waals surface area contributed by atoms with E-state index in [2.05, 4.69) is 5.43 Å². The van der Waals surface area contributed by atoms with Gasteiger partial charge in [0.25, 0.3) is 0 Å². The average molecular weight is 355 g/mol. The average Bonchev–Trinajstić information content (AvgIpc) is 3.01. The predicted octanol–water partition coefficient (Wildman–Crippen LogP) is 1.34. The molecule has 0 spiro atoms. The van der Waals surface area contributed by atoms with Gasteiger partial charge in [0.05, 0.1) is 23.2 Å². The second kappa shape index (κ2) is 6.85. The summed E-state index contributed by atoms with van der Waals surface area (Å²) in [4.78, 5) is 17.6. The third-order valence-electron chi connectivity index (χ3n) is 4.29. The first kappa shape index (κ1) is 17.4. The molecule has 1 saturated heterocycles. The van der Waals surface area contributed by atoms with Gasteiger partial charge in [0.2, 0.25) is 5.84 Å². The number of alkyl halides is 3. The Balaban J connectivity index is 1.78. The fourth-order valence-corrected chi connectivity index (χ4v) is 2.97. The van der Waals surface area contributed by atoms with E-state index in [-0.39, 0.29) is 25.2 Å². The van der Waals surface area contributed by atoms with Gasteiger partial charge < -0.3 is 4.84 Å². The molecule has 2 aliphatic heterocycles. The molecule has 2 unspecified atom stereocenters. The Morgan fingerprint density at radius 3 is 2.64 bits per heavy atom. The molecule has 1 aromatic carbocycles. The van der Waals surface area contributed by atoms with Crippen molar-refractivity contribution in [1.29, 1.82) is 5.41 Å². The second-order valence-electron chi connectivity index (χ2n) is 6.01. The lowest BCUT2D eigenvalue weighted by atomic mass is 9.90. The van der Waals surface area contributed by atoms with E-state index in [0.29, 0.717) is 11.3 Å². The van der Waals surface area contributed by atoms with Crippen LogP contribution in [0.3, 0.4) is 0 Å². The lowest BCUT2D eigenvalue weighted by Crippen LogP contribution is -2.93. The van der Waals surface area contributed by atoms with E-state index in [4.69, 9.17) is 10.2 Å². The molecule has 4 N–H and O–H groups in total. The van der Waals surface area contributed by atoms with E-state index in [9.17, 15) is 18.0 Å². The highest BCUT2D eigenvalue weighted by Crippen LogP contribution is 2.38. The van der Waals surface area contributed by atoms with Crippen molar-refractivity contribution < 1.29 is 28.2 Å². The monoisotopic (exact) mass is 355 g/mol. The molecule has 134 valence electrons. The van der Waals surface area contributed by atoms with Crippen molar-refractivity contribution in [2.45, 2.75) is 25.1 Å².